The predicted octanol–water partition coefficient (Wildman–Crippen LogP) is 3.77. The van der Waals surface area contributed by atoms with Crippen LogP contribution in [0.2, 0.25) is 0 Å². The predicted molar refractivity (Wildman–Crippen MR) is 75.4 cm³/mol. The maximum Gasteiger partial charge on any atom is 0.252 e. The highest BCUT2D eigenvalue weighted by atomic mass is 79.9. The molecule has 1 atom stereocenters. The number of rotatable bonds is 3. The maximum atomic E-state index is 13.6. The fraction of sp³-hybridized carbons (Fsp3) is 0.538. The van der Waals surface area contributed by atoms with Gasteiger partial charge in [0.15, 0.2) is 0 Å². The van der Waals surface area contributed by atoms with E-state index in [4.69, 9.17) is 0 Å². The van der Waals surface area contributed by atoms with Crippen LogP contribution < -0.4 is 5.32 Å². The summed E-state index contributed by atoms with van der Waals surface area (Å²) in [6.45, 7) is 4.43. The van der Waals surface area contributed by atoms with E-state index in [0.29, 0.717) is 10.1 Å². The lowest BCUT2D eigenvalue weighted by molar-refractivity contribution is -0.124. The molecular weight excluding hydrogens is 318 g/mol. The molecule has 1 aliphatic heterocycles. The molecule has 0 saturated carbocycles. The number of hydrogen-bond acceptors (Lipinski definition) is 2. The molecular formula is C13H17BrF2N2O. The van der Waals surface area contributed by atoms with Crippen LogP contribution >= 0.6 is 15.9 Å². The smallest absolute Gasteiger partial charge is 0.252 e. The molecule has 0 aliphatic carbocycles. The summed E-state index contributed by atoms with van der Waals surface area (Å²) in [6, 6.07) is 0. The number of amides is 1. The van der Waals surface area contributed by atoms with E-state index in [9.17, 15) is 13.6 Å². The first-order valence-corrected chi connectivity index (χ1v) is 6.83. The molecule has 1 N–H and O–H groups in total. The summed E-state index contributed by atoms with van der Waals surface area (Å²) in [7, 11) is 0. The van der Waals surface area contributed by atoms with Crippen molar-refractivity contribution in [2.24, 2.45) is 10.9 Å². The number of amidine groups is 1. The fourth-order valence-corrected chi connectivity index (χ4v) is 2.34. The number of allylic oxidation sites excluding steroid dienone is 2. The van der Waals surface area contributed by atoms with Gasteiger partial charge >= 0.3 is 0 Å². The first kappa shape index (κ1) is 16.0. The SMILES string of the molecule is CC/C=C/N=C1\NC(=O)CC(C(C)(F)F)\C1=C(\C)Br. The van der Waals surface area contributed by atoms with Crippen molar-refractivity contribution < 1.29 is 13.6 Å². The molecule has 3 nitrogen and oxygen atoms in total. The molecule has 19 heavy (non-hydrogen) atoms. The third kappa shape index (κ3) is 4.23. The second-order valence-corrected chi connectivity index (χ2v) is 5.67. The van der Waals surface area contributed by atoms with E-state index in [2.05, 4.69) is 26.2 Å². The molecule has 1 amide bonds. The van der Waals surface area contributed by atoms with Gasteiger partial charge in [-0.15, -0.1) is 0 Å². The topological polar surface area (TPSA) is 41.5 Å². The lowest BCUT2D eigenvalue weighted by Crippen LogP contribution is -2.46. The normalized spacial score (nSPS) is 25.9. The van der Waals surface area contributed by atoms with Gasteiger partial charge in [-0.25, -0.2) is 13.8 Å². The first-order chi connectivity index (χ1) is 8.77. The van der Waals surface area contributed by atoms with Gasteiger partial charge in [-0.05, 0) is 24.8 Å². The minimum atomic E-state index is -2.97. The second-order valence-electron chi connectivity index (χ2n) is 4.48. The number of piperidine rings is 1. The number of aliphatic imine (C=N–C) groups is 1. The molecule has 1 aliphatic rings. The molecule has 0 radical (unpaired) electrons. The largest absolute Gasteiger partial charge is 0.310 e. The number of nitrogens with one attached hydrogen (secondary N) is 1. The fourth-order valence-electron chi connectivity index (χ4n) is 1.87. The molecule has 6 heteroatoms. The molecule has 1 saturated heterocycles. The van der Waals surface area contributed by atoms with Gasteiger partial charge in [0.1, 0.15) is 5.84 Å². The zero-order valence-corrected chi connectivity index (χ0v) is 12.7. The minimum absolute atomic E-state index is 0.196. The molecule has 1 heterocycles. The molecule has 0 spiro atoms. The Morgan fingerprint density at radius 1 is 1.63 bits per heavy atom. The third-order valence-corrected chi connectivity index (χ3v) is 3.21. The van der Waals surface area contributed by atoms with E-state index in [-0.39, 0.29) is 12.3 Å². The number of alkyl halides is 2. The van der Waals surface area contributed by atoms with E-state index in [0.717, 1.165) is 13.3 Å². The first-order valence-electron chi connectivity index (χ1n) is 6.04. The minimum Gasteiger partial charge on any atom is -0.310 e. The summed E-state index contributed by atoms with van der Waals surface area (Å²) in [5.74, 6) is -4.37. The monoisotopic (exact) mass is 334 g/mol. The highest BCUT2D eigenvalue weighted by Crippen LogP contribution is 2.38. The lowest BCUT2D eigenvalue weighted by atomic mass is 9.86. The van der Waals surface area contributed by atoms with Crippen molar-refractivity contribution in [3.05, 3.63) is 22.3 Å². The molecule has 1 unspecified atom stereocenters. The summed E-state index contributed by atoms with van der Waals surface area (Å²) in [6.07, 6.45) is 3.85. The summed E-state index contributed by atoms with van der Waals surface area (Å²) in [4.78, 5) is 15.6. The van der Waals surface area contributed by atoms with E-state index in [1.807, 2.05) is 6.92 Å². The standard InChI is InChI=1S/C13H17BrF2N2O/c1-4-5-6-17-12-11(8(2)14)9(13(3,15)16)7-10(19)18-12/h5-6,9H,4,7H2,1-3H3,(H,17,18,19)/b6-5+,11-8+. The lowest BCUT2D eigenvalue weighted by Gasteiger charge is -2.31. The average Bonchev–Trinajstić information content (AvgIpc) is 2.26. The van der Waals surface area contributed by atoms with E-state index < -0.39 is 17.7 Å². The molecule has 1 rings (SSSR count). The Morgan fingerprint density at radius 2 is 2.26 bits per heavy atom. The summed E-state index contributed by atoms with van der Waals surface area (Å²) >= 11 is 3.23. The van der Waals surface area contributed by atoms with Gasteiger partial charge < -0.3 is 5.32 Å². The number of carbonyl (C=O) groups is 1. The van der Waals surface area contributed by atoms with Crippen molar-refractivity contribution >= 4 is 27.7 Å². The van der Waals surface area contributed by atoms with Gasteiger partial charge in [0.2, 0.25) is 5.91 Å². The Morgan fingerprint density at radius 3 is 2.74 bits per heavy atom. The zero-order valence-electron chi connectivity index (χ0n) is 11.1. The summed E-state index contributed by atoms with van der Waals surface area (Å²) in [5.41, 5.74) is 0.354. The molecule has 106 valence electrons. The number of hydrogen-bond donors (Lipinski definition) is 1. The molecule has 1 fully saturated rings. The van der Waals surface area contributed by atoms with Crippen LogP contribution in [0, 0.1) is 5.92 Å². The van der Waals surface area contributed by atoms with Crippen LogP contribution in [0.15, 0.2) is 27.3 Å². The van der Waals surface area contributed by atoms with Crippen molar-refractivity contribution in [1.29, 1.82) is 0 Å². The van der Waals surface area contributed by atoms with E-state index >= 15 is 0 Å². The van der Waals surface area contributed by atoms with Crippen molar-refractivity contribution in [2.45, 2.75) is 39.5 Å². The van der Waals surface area contributed by atoms with Gasteiger partial charge in [-0.2, -0.15) is 0 Å². The van der Waals surface area contributed by atoms with Gasteiger partial charge in [0, 0.05) is 18.2 Å². The Labute approximate surface area is 120 Å². The summed E-state index contributed by atoms with van der Waals surface area (Å²) in [5, 5.41) is 2.55. The van der Waals surface area contributed by atoms with Gasteiger partial charge in [-0.3, -0.25) is 4.79 Å². The Kier molecular flexibility index (Phi) is 5.40. The van der Waals surface area contributed by atoms with Crippen LogP contribution in [-0.2, 0) is 4.79 Å². The molecule has 0 aromatic heterocycles. The van der Waals surface area contributed by atoms with Crippen molar-refractivity contribution in [2.75, 3.05) is 0 Å². The third-order valence-electron chi connectivity index (χ3n) is 2.78. The van der Waals surface area contributed by atoms with Gasteiger partial charge in [-0.1, -0.05) is 28.9 Å². The van der Waals surface area contributed by atoms with Crippen LogP contribution in [0.3, 0.4) is 0 Å². The van der Waals surface area contributed by atoms with Crippen LogP contribution in [0.1, 0.15) is 33.6 Å². The Bertz CT molecular complexity index is 446. The van der Waals surface area contributed by atoms with Crippen LogP contribution in [0.5, 0.6) is 0 Å². The van der Waals surface area contributed by atoms with Crippen LogP contribution in [-0.4, -0.2) is 17.7 Å². The number of nitrogens with zero attached hydrogens (tertiary/aromatic N) is 1. The Hall–Kier alpha value is -1.04. The van der Waals surface area contributed by atoms with E-state index in [1.165, 1.54) is 6.20 Å². The van der Waals surface area contributed by atoms with Crippen LogP contribution in [0.4, 0.5) is 8.78 Å². The average molecular weight is 335 g/mol. The maximum absolute atomic E-state index is 13.6. The molecule has 0 aromatic carbocycles. The highest BCUT2D eigenvalue weighted by Gasteiger charge is 2.43. The van der Waals surface area contributed by atoms with Gasteiger partial charge in [0.25, 0.3) is 5.92 Å². The quantitative estimate of drug-likeness (QED) is 0.838. The Balaban J connectivity index is 3.23. The highest BCUT2D eigenvalue weighted by molar-refractivity contribution is 9.11. The molecule has 0 bridgehead atoms. The van der Waals surface area contributed by atoms with Crippen LogP contribution in [0.25, 0.3) is 0 Å². The van der Waals surface area contributed by atoms with Crippen molar-refractivity contribution in [3.63, 3.8) is 0 Å². The number of halogens is 3. The van der Waals surface area contributed by atoms with Gasteiger partial charge in [0.05, 0.1) is 5.92 Å². The second kappa shape index (κ2) is 6.41. The van der Waals surface area contributed by atoms with Crippen molar-refractivity contribution in [1.82, 2.24) is 5.32 Å². The molecule has 0 aromatic rings. The van der Waals surface area contributed by atoms with Crippen molar-refractivity contribution in [3.8, 4) is 0 Å². The zero-order chi connectivity index (χ0) is 14.6. The van der Waals surface area contributed by atoms with E-state index in [1.54, 1.807) is 13.0 Å². The number of carbonyl (C=O) groups excluding carboxylic acids is 1. The summed E-state index contributed by atoms with van der Waals surface area (Å²) < 4.78 is 27.8.